The van der Waals surface area contributed by atoms with Crippen LogP contribution in [0.1, 0.15) is 37.0 Å². The van der Waals surface area contributed by atoms with Gasteiger partial charge in [-0.15, -0.1) is 11.3 Å². The van der Waals surface area contributed by atoms with Crippen molar-refractivity contribution in [3.05, 3.63) is 20.8 Å². The molecule has 1 fully saturated rings. The van der Waals surface area contributed by atoms with Gasteiger partial charge in [0.05, 0.1) is 0 Å². The van der Waals surface area contributed by atoms with E-state index in [1.807, 2.05) is 11.3 Å². The molecule has 3 heteroatoms. The average Bonchev–Trinajstić information content (AvgIpc) is 2.50. The van der Waals surface area contributed by atoms with Crippen molar-refractivity contribution in [3.63, 3.8) is 0 Å². The van der Waals surface area contributed by atoms with Crippen molar-refractivity contribution >= 4 is 27.3 Å². The van der Waals surface area contributed by atoms with Gasteiger partial charge < -0.3 is 5.73 Å². The number of hydrogen-bond acceptors (Lipinski definition) is 2. The monoisotopic (exact) mass is 287 g/mol. The number of nitrogens with two attached hydrogens (primary N) is 1. The summed E-state index contributed by atoms with van der Waals surface area (Å²) in [6.07, 6.45) is 7.78. The lowest BCUT2D eigenvalue weighted by molar-refractivity contribution is 0.397. The average molecular weight is 288 g/mol. The van der Waals surface area contributed by atoms with Gasteiger partial charge in [0.25, 0.3) is 0 Å². The standard InChI is InChI=1S/C12H18BrNS/c13-10-7-11(15-8-10)6-9-4-2-1-3-5-12(9)14/h7-9,12H,1-6,14H2. The predicted octanol–water partition coefficient (Wildman–Crippen LogP) is 3.96. The van der Waals surface area contributed by atoms with Gasteiger partial charge in [0.1, 0.15) is 0 Å². The highest BCUT2D eigenvalue weighted by atomic mass is 79.9. The van der Waals surface area contributed by atoms with Crippen molar-refractivity contribution in [2.75, 3.05) is 0 Å². The molecule has 1 saturated carbocycles. The molecular weight excluding hydrogens is 270 g/mol. The maximum Gasteiger partial charge on any atom is 0.0285 e. The number of halogens is 1. The zero-order valence-corrected chi connectivity index (χ0v) is 11.3. The summed E-state index contributed by atoms with van der Waals surface area (Å²) >= 11 is 5.36. The van der Waals surface area contributed by atoms with E-state index < -0.39 is 0 Å². The Morgan fingerprint density at radius 3 is 2.87 bits per heavy atom. The summed E-state index contributed by atoms with van der Waals surface area (Å²) in [5.41, 5.74) is 6.23. The normalized spacial score (nSPS) is 27.6. The first kappa shape index (κ1) is 11.6. The van der Waals surface area contributed by atoms with E-state index in [0.29, 0.717) is 12.0 Å². The second-order valence-electron chi connectivity index (χ2n) is 4.50. The van der Waals surface area contributed by atoms with E-state index in [0.717, 1.165) is 0 Å². The third-order valence-corrected chi connectivity index (χ3v) is 5.02. The molecule has 2 unspecified atom stereocenters. The first-order chi connectivity index (χ1) is 7.25. The SMILES string of the molecule is NC1CCCCCC1Cc1cc(Br)cs1. The maximum atomic E-state index is 6.23. The summed E-state index contributed by atoms with van der Waals surface area (Å²) in [4.78, 5) is 1.48. The Morgan fingerprint density at radius 1 is 1.33 bits per heavy atom. The van der Waals surface area contributed by atoms with Crippen LogP contribution in [0.15, 0.2) is 15.9 Å². The van der Waals surface area contributed by atoms with Crippen LogP contribution in [0, 0.1) is 5.92 Å². The number of thiophene rings is 1. The van der Waals surface area contributed by atoms with Crippen LogP contribution in [0.25, 0.3) is 0 Å². The first-order valence-electron chi connectivity index (χ1n) is 5.74. The second kappa shape index (κ2) is 5.46. The third-order valence-electron chi connectivity index (χ3n) is 3.30. The molecule has 2 rings (SSSR count). The van der Waals surface area contributed by atoms with Crippen molar-refractivity contribution in [1.29, 1.82) is 0 Å². The van der Waals surface area contributed by atoms with E-state index in [1.54, 1.807) is 0 Å². The largest absolute Gasteiger partial charge is 0.327 e. The highest BCUT2D eigenvalue weighted by Gasteiger charge is 2.20. The fourth-order valence-electron chi connectivity index (χ4n) is 2.39. The minimum atomic E-state index is 0.424. The van der Waals surface area contributed by atoms with Gasteiger partial charge in [-0.1, -0.05) is 19.3 Å². The molecule has 0 saturated heterocycles. The number of hydrogen-bond donors (Lipinski definition) is 1. The van der Waals surface area contributed by atoms with Crippen LogP contribution in [0.4, 0.5) is 0 Å². The van der Waals surface area contributed by atoms with Crippen molar-refractivity contribution < 1.29 is 0 Å². The van der Waals surface area contributed by atoms with Gasteiger partial charge in [-0.05, 0) is 47.2 Å². The Bertz CT molecular complexity index is 310. The Labute approximate surface area is 104 Å². The van der Waals surface area contributed by atoms with Gasteiger partial charge in [-0.2, -0.15) is 0 Å². The molecule has 15 heavy (non-hydrogen) atoms. The molecule has 1 nitrogen and oxygen atoms in total. The van der Waals surface area contributed by atoms with E-state index in [9.17, 15) is 0 Å². The van der Waals surface area contributed by atoms with E-state index in [1.165, 1.54) is 47.9 Å². The smallest absolute Gasteiger partial charge is 0.0285 e. The van der Waals surface area contributed by atoms with Crippen molar-refractivity contribution in [1.82, 2.24) is 0 Å². The molecule has 0 radical (unpaired) electrons. The fourth-order valence-corrected chi connectivity index (χ4v) is 3.93. The van der Waals surface area contributed by atoms with Gasteiger partial charge in [-0.25, -0.2) is 0 Å². The van der Waals surface area contributed by atoms with E-state index in [2.05, 4.69) is 27.4 Å². The maximum absolute atomic E-state index is 6.23. The van der Waals surface area contributed by atoms with Gasteiger partial charge in [0.15, 0.2) is 0 Å². The quantitative estimate of drug-likeness (QED) is 0.819. The lowest BCUT2D eigenvalue weighted by Gasteiger charge is -2.20. The fraction of sp³-hybridized carbons (Fsp3) is 0.667. The van der Waals surface area contributed by atoms with Gasteiger partial charge in [0.2, 0.25) is 0 Å². The second-order valence-corrected chi connectivity index (χ2v) is 6.41. The van der Waals surface area contributed by atoms with Gasteiger partial charge >= 0.3 is 0 Å². The summed E-state index contributed by atoms with van der Waals surface area (Å²) in [7, 11) is 0. The molecule has 1 heterocycles. The van der Waals surface area contributed by atoms with E-state index in [-0.39, 0.29) is 0 Å². The lowest BCUT2D eigenvalue weighted by atomic mass is 9.92. The molecule has 84 valence electrons. The molecular formula is C12H18BrNS. The summed E-state index contributed by atoms with van der Waals surface area (Å²) < 4.78 is 1.21. The summed E-state index contributed by atoms with van der Waals surface area (Å²) in [5, 5.41) is 2.16. The van der Waals surface area contributed by atoms with Crippen molar-refractivity contribution in [2.24, 2.45) is 11.7 Å². The zero-order chi connectivity index (χ0) is 10.7. The molecule has 2 atom stereocenters. The molecule has 0 aliphatic heterocycles. The first-order valence-corrected chi connectivity index (χ1v) is 7.41. The van der Waals surface area contributed by atoms with Crippen LogP contribution >= 0.6 is 27.3 Å². The van der Waals surface area contributed by atoms with Crippen LogP contribution in [0.2, 0.25) is 0 Å². The summed E-state index contributed by atoms with van der Waals surface area (Å²) in [6, 6.07) is 2.66. The molecule has 2 N–H and O–H groups in total. The van der Waals surface area contributed by atoms with Crippen LogP contribution in [-0.4, -0.2) is 6.04 Å². The van der Waals surface area contributed by atoms with Gasteiger partial charge in [0, 0.05) is 20.8 Å². The van der Waals surface area contributed by atoms with Crippen molar-refractivity contribution in [2.45, 2.75) is 44.6 Å². The van der Waals surface area contributed by atoms with Crippen LogP contribution in [0.3, 0.4) is 0 Å². The topological polar surface area (TPSA) is 26.0 Å². The molecule has 1 aliphatic carbocycles. The highest BCUT2D eigenvalue weighted by Crippen LogP contribution is 2.28. The number of rotatable bonds is 2. The van der Waals surface area contributed by atoms with Crippen LogP contribution in [-0.2, 0) is 6.42 Å². The van der Waals surface area contributed by atoms with Crippen LogP contribution < -0.4 is 5.73 Å². The molecule has 1 aromatic rings. The third kappa shape index (κ3) is 3.30. The Balaban J connectivity index is 1.97. The molecule has 1 aliphatic rings. The van der Waals surface area contributed by atoms with Crippen molar-refractivity contribution in [3.8, 4) is 0 Å². The lowest BCUT2D eigenvalue weighted by Crippen LogP contribution is -2.30. The minimum Gasteiger partial charge on any atom is -0.327 e. The highest BCUT2D eigenvalue weighted by molar-refractivity contribution is 9.10. The Kier molecular flexibility index (Phi) is 4.23. The van der Waals surface area contributed by atoms with Gasteiger partial charge in [-0.3, -0.25) is 0 Å². The molecule has 1 aromatic heterocycles. The zero-order valence-electron chi connectivity index (χ0n) is 8.92. The summed E-state index contributed by atoms with van der Waals surface area (Å²) in [5.74, 6) is 0.707. The van der Waals surface area contributed by atoms with E-state index in [4.69, 9.17) is 5.73 Å². The molecule has 0 bridgehead atoms. The molecule has 0 aromatic carbocycles. The summed E-state index contributed by atoms with van der Waals surface area (Å²) in [6.45, 7) is 0. The molecule has 0 amide bonds. The van der Waals surface area contributed by atoms with Crippen LogP contribution in [0.5, 0.6) is 0 Å². The Morgan fingerprint density at radius 2 is 2.13 bits per heavy atom. The Hall–Kier alpha value is 0.140. The molecule has 0 spiro atoms. The van der Waals surface area contributed by atoms with E-state index >= 15 is 0 Å². The predicted molar refractivity (Wildman–Crippen MR) is 70.3 cm³/mol. The minimum absolute atomic E-state index is 0.424.